The molecule has 5 heteroatoms. The van der Waals surface area contributed by atoms with E-state index in [0.29, 0.717) is 11.1 Å². The lowest BCUT2D eigenvalue weighted by Gasteiger charge is -2.12. The minimum absolute atomic E-state index is 0.198. The highest BCUT2D eigenvalue weighted by Gasteiger charge is 2.15. The smallest absolute Gasteiger partial charge is 0.327 e. The molecule has 0 bridgehead atoms. The zero-order valence-electron chi connectivity index (χ0n) is 13.7. The molecule has 3 rings (SSSR count). The second-order valence-corrected chi connectivity index (χ2v) is 5.48. The third kappa shape index (κ3) is 2.93. The number of aromatic nitrogens is 2. The number of ether oxygens (including phenoxy) is 1. The Balaban J connectivity index is 2.25. The van der Waals surface area contributed by atoms with Gasteiger partial charge in [-0.25, -0.2) is 4.68 Å². The van der Waals surface area contributed by atoms with Crippen molar-refractivity contribution in [1.29, 1.82) is 0 Å². The summed E-state index contributed by atoms with van der Waals surface area (Å²) in [6, 6.07) is 15.1. The molecular formula is C19H18N2O3. The van der Waals surface area contributed by atoms with Crippen LogP contribution in [-0.2, 0) is 16.1 Å². The molecule has 0 atom stereocenters. The Kier molecular flexibility index (Phi) is 4.42. The largest absolute Gasteiger partial charge is 0.465 e. The van der Waals surface area contributed by atoms with Gasteiger partial charge in [-0.3, -0.25) is 9.59 Å². The lowest BCUT2D eigenvalue weighted by atomic mass is 10.0. The van der Waals surface area contributed by atoms with Crippen LogP contribution < -0.4 is 5.56 Å². The van der Waals surface area contributed by atoms with E-state index < -0.39 is 5.97 Å². The van der Waals surface area contributed by atoms with E-state index in [1.807, 2.05) is 43.3 Å². The van der Waals surface area contributed by atoms with Gasteiger partial charge in [0.05, 0.1) is 17.7 Å². The summed E-state index contributed by atoms with van der Waals surface area (Å²) in [4.78, 5) is 24.4. The number of carbonyl (C=O) groups excluding carboxylic acids is 1. The molecular weight excluding hydrogens is 304 g/mol. The molecule has 122 valence electrons. The molecule has 0 saturated carbocycles. The molecule has 0 aliphatic rings. The van der Waals surface area contributed by atoms with E-state index in [1.54, 1.807) is 19.1 Å². The minimum Gasteiger partial charge on any atom is -0.465 e. The minimum atomic E-state index is -0.474. The molecule has 0 aliphatic heterocycles. The molecule has 0 fully saturated rings. The number of benzene rings is 2. The van der Waals surface area contributed by atoms with Gasteiger partial charge in [-0.1, -0.05) is 42.5 Å². The van der Waals surface area contributed by atoms with Crippen molar-refractivity contribution < 1.29 is 9.53 Å². The molecule has 0 saturated heterocycles. The van der Waals surface area contributed by atoms with E-state index in [0.717, 1.165) is 16.5 Å². The molecule has 3 aromatic rings. The van der Waals surface area contributed by atoms with Crippen LogP contribution >= 0.6 is 0 Å². The van der Waals surface area contributed by atoms with Gasteiger partial charge in [-0.05, 0) is 25.5 Å². The number of esters is 1. The third-order valence-corrected chi connectivity index (χ3v) is 3.85. The van der Waals surface area contributed by atoms with Crippen LogP contribution in [0.2, 0.25) is 0 Å². The lowest BCUT2D eigenvalue weighted by molar-refractivity contribution is -0.144. The number of fused-ring (bicyclic) bond motifs is 1. The summed E-state index contributed by atoms with van der Waals surface area (Å²) in [7, 11) is 0. The highest BCUT2D eigenvalue weighted by Crippen LogP contribution is 2.27. The first-order valence-corrected chi connectivity index (χ1v) is 7.83. The average molecular weight is 322 g/mol. The van der Waals surface area contributed by atoms with Gasteiger partial charge in [0.2, 0.25) is 0 Å². The van der Waals surface area contributed by atoms with Crippen molar-refractivity contribution in [1.82, 2.24) is 9.78 Å². The van der Waals surface area contributed by atoms with Crippen LogP contribution in [0.25, 0.3) is 22.0 Å². The van der Waals surface area contributed by atoms with E-state index in [1.165, 1.54) is 4.68 Å². The number of nitrogens with zero attached hydrogens (tertiary/aromatic N) is 2. The van der Waals surface area contributed by atoms with Crippen molar-refractivity contribution >= 4 is 16.7 Å². The fourth-order valence-corrected chi connectivity index (χ4v) is 2.71. The second kappa shape index (κ2) is 6.66. The van der Waals surface area contributed by atoms with Crippen molar-refractivity contribution in [3.05, 3.63) is 64.4 Å². The van der Waals surface area contributed by atoms with Crippen molar-refractivity contribution in [3.63, 3.8) is 0 Å². The standard InChI is InChI=1S/C19H18N2O3/c1-3-24-17(22)12-21-19(23)16-11-7-6-10-15(16)18(20-21)14-9-5-4-8-13(14)2/h4-11H,3,12H2,1-2H3. The van der Waals surface area contributed by atoms with Crippen LogP contribution in [0.15, 0.2) is 53.3 Å². The lowest BCUT2D eigenvalue weighted by Crippen LogP contribution is -2.28. The van der Waals surface area contributed by atoms with Crippen LogP contribution in [0.5, 0.6) is 0 Å². The Morgan fingerprint density at radius 3 is 2.46 bits per heavy atom. The molecule has 2 aromatic carbocycles. The van der Waals surface area contributed by atoms with Crippen LogP contribution in [-0.4, -0.2) is 22.4 Å². The van der Waals surface area contributed by atoms with Gasteiger partial charge < -0.3 is 4.74 Å². The summed E-state index contributed by atoms with van der Waals surface area (Å²) < 4.78 is 6.13. The Labute approximate surface area is 139 Å². The third-order valence-electron chi connectivity index (χ3n) is 3.85. The van der Waals surface area contributed by atoms with Gasteiger partial charge in [-0.15, -0.1) is 0 Å². The Morgan fingerprint density at radius 1 is 1.08 bits per heavy atom. The quantitative estimate of drug-likeness (QED) is 0.693. The molecule has 0 amide bonds. The van der Waals surface area contributed by atoms with Gasteiger partial charge in [0.25, 0.3) is 5.56 Å². The first-order valence-electron chi connectivity index (χ1n) is 7.83. The molecule has 5 nitrogen and oxygen atoms in total. The fraction of sp³-hybridized carbons (Fsp3) is 0.211. The fourth-order valence-electron chi connectivity index (χ4n) is 2.71. The first-order chi connectivity index (χ1) is 11.6. The predicted octanol–water partition coefficient (Wildman–Crippen LogP) is 2.94. The summed E-state index contributed by atoms with van der Waals surface area (Å²) in [6.45, 7) is 3.79. The van der Waals surface area contributed by atoms with Crippen molar-refractivity contribution in [2.24, 2.45) is 0 Å². The van der Waals surface area contributed by atoms with E-state index in [2.05, 4.69) is 5.10 Å². The number of carbonyl (C=O) groups is 1. The molecule has 0 aliphatic carbocycles. The molecule has 0 N–H and O–H groups in total. The number of hydrogen-bond donors (Lipinski definition) is 0. The van der Waals surface area contributed by atoms with Crippen LogP contribution in [0.4, 0.5) is 0 Å². The normalized spacial score (nSPS) is 10.8. The van der Waals surface area contributed by atoms with Gasteiger partial charge in [-0.2, -0.15) is 5.10 Å². The average Bonchev–Trinajstić information content (AvgIpc) is 2.58. The van der Waals surface area contributed by atoms with Crippen molar-refractivity contribution in [2.45, 2.75) is 20.4 Å². The SMILES string of the molecule is CCOC(=O)Cn1nc(-c2ccccc2C)c2ccccc2c1=O. The Hall–Kier alpha value is -2.95. The monoisotopic (exact) mass is 322 g/mol. The number of rotatable bonds is 4. The molecule has 0 unspecified atom stereocenters. The van der Waals surface area contributed by atoms with Gasteiger partial charge in [0.1, 0.15) is 6.54 Å². The first kappa shape index (κ1) is 15.9. The summed E-state index contributed by atoms with van der Waals surface area (Å²) >= 11 is 0. The molecule has 1 heterocycles. The van der Waals surface area contributed by atoms with Crippen LogP contribution in [0.1, 0.15) is 12.5 Å². The van der Waals surface area contributed by atoms with Crippen LogP contribution in [0.3, 0.4) is 0 Å². The maximum atomic E-state index is 12.6. The number of aryl methyl sites for hydroxylation is 1. The van der Waals surface area contributed by atoms with Crippen molar-refractivity contribution in [3.8, 4) is 11.3 Å². The highest BCUT2D eigenvalue weighted by atomic mass is 16.5. The maximum absolute atomic E-state index is 12.6. The van der Waals surface area contributed by atoms with Gasteiger partial charge >= 0.3 is 5.97 Å². The maximum Gasteiger partial charge on any atom is 0.327 e. The van der Waals surface area contributed by atoms with Gasteiger partial charge in [0.15, 0.2) is 0 Å². The zero-order valence-corrected chi connectivity index (χ0v) is 13.7. The predicted molar refractivity (Wildman–Crippen MR) is 92.8 cm³/mol. The topological polar surface area (TPSA) is 61.2 Å². The summed E-state index contributed by atoms with van der Waals surface area (Å²) in [6.07, 6.45) is 0. The van der Waals surface area contributed by atoms with Crippen molar-refractivity contribution in [2.75, 3.05) is 6.61 Å². The summed E-state index contributed by atoms with van der Waals surface area (Å²) in [5.74, 6) is -0.474. The molecule has 0 radical (unpaired) electrons. The van der Waals surface area contributed by atoms with E-state index in [4.69, 9.17) is 4.74 Å². The molecule has 24 heavy (non-hydrogen) atoms. The zero-order chi connectivity index (χ0) is 17.1. The molecule has 1 aromatic heterocycles. The Bertz CT molecular complexity index is 960. The highest BCUT2D eigenvalue weighted by molar-refractivity contribution is 5.94. The van der Waals surface area contributed by atoms with E-state index in [9.17, 15) is 9.59 Å². The van der Waals surface area contributed by atoms with E-state index in [-0.39, 0.29) is 18.7 Å². The second-order valence-electron chi connectivity index (χ2n) is 5.48. The summed E-state index contributed by atoms with van der Waals surface area (Å²) in [5, 5.41) is 5.77. The van der Waals surface area contributed by atoms with Crippen LogP contribution in [0, 0.1) is 6.92 Å². The van der Waals surface area contributed by atoms with E-state index >= 15 is 0 Å². The Morgan fingerprint density at radius 2 is 1.75 bits per heavy atom. The van der Waals surface area contributed by atoms with Gasteiger partial charge in [0, 0.05) is 10.9 Å². The number of hydrogen-bond acceptors (Lipinski definition) is 4. The summed E-state index contributed by atoms with van der Waals surface area (Å²) in [5.41, 5.74) is 2.38. The molecule has 0 spiro atoms.